The van der Waals surface area contributed by atoms with E-state index < -0.39 is 12.0 Å². The van der Waals surface area contributed by atoms with Crippen molar-refractivity contribution in [3.63, 3.8) is 0 Å². The van der Waals surface area contributed by atoms with Crippen LogP contribution in [0.25, 0.3) is 0 Å². The van der Waals surface area contributed by atoms with Crippen LogP contribution >= 0.6 is 0 Å². The molecular formula is C9H10BNO2. The molecule has 1 rings (SSSR count). The van der Waals surface area contributed by atoms with Crippen LogP contribution in [0.4, 0.5) is 0 Å². The summed E-state index contributed by atoms with van der Waals surface area (Å²) < 4.78 is 0. The molecular weight excluding hydrogens is 165 g/mol. The van der Waals surface area contributed by atoms with Gasteiger partial charge in [-0.3, -0.25) is 4.79 Å². The SMILES string of the molecule is [B]c1ccc(C[C@@H](N)C(=O)O)cc1. The Kier molecular flexibility index (Phi) is 3.09. The number of hydrogen-bond donors (Lipinski definition) is 2. The Morgan fingerprint density at radius 2 is 2.00 bits per heavy atom. The first-order chi connectivity index (χ1) is 6.09. The van der Waals surface area contributed by atoms with E-state index in [1.54, 1.807) is 24.3 Å². The van der Waals surface area contributed by atoms with E-state index in [4.69, 9.17) is 18.7 Å². The molecule has 66 valence electrons. The summed E-state index contributed by atoms with van der Waals surface area (Å²) in [5.74, 6) is -0.989. The van der Waals surface area contributed by atoms with Crippen molar-refractivity contribution in [3.05, 3.63) is 29.8 Å². The molecule has 4 heteroatoms. The number of rotatable bonds is 3. The van der Waals surface area contributed by atoms with Crippen LogP contribution in [-0.2, 0) is 11.2 Å². The Hall–Kier alpha value is -1.29. The molecule has 13 heavy (non-hydrogen) atoms. The van der Waals surface area contributed by atoms with Crippen molar-refractivity contribution in [1.29, 1.82) is 0 Å². The summed E-state index contributed by atoms with van der Waals surface area (Å²) in [5, 5.41) is 8.55. The van der Waals surface area contributed by atoms with Gasteiger partial charge in [-0.25, -0.2) is 0 Å². The topological polar surface area (TPSA) is 63.3 Å². The summed E-state index contributed by atoms with van der Waals surface area (Å²) >= 11 is 0. The summed E-state index contributed by atoms with van der Waals surface area (Å²) in [6.45, 7) is 0. The van der Waals surface area contributed by atoms with Crippen molar-refractivity contribution in [1.82, 2.24) is 0 Å². The molecule has 0 spiro atoms. The normalized spacial score (nSPS) is 12.4. The maximum Gasteiger partial charge on any atom is 0.320 e. The molecule has 0 aliphatic carbocycles. The predicted molar refractivity (Wildman–Crippen MR) is 51.1 cm³/mol. The predicted octanol–water partition coefficient (Wildman–Crippen LogP) is -0.565. The molecule has 0 bridgehead atoms. The second-order valence-corrected chi connectivity index (χ2v) is 2.89. The number of carbonyl (C=O) groups is 1. The summed E-state index contributed by atoms with van der Waals surface area (Å²) in [5.41, 5.74) is 6.89. The first kappa shape index (κ1) is 9.80. The number of carboxylic acid groups (broad SMARTS) is 1. The second-order valence-electron chi connectivity index (χ2n) is 2.89. The highest BCUT2D eigenvalue weighted by molar-refractivity contribution is 6.32. The van der Waals surface area contributed by atoms with Crippen LogP contribution in [0.15, 0.2) is 24.3 Å². The van der Waals surface area contributed by atoms with Crippen molar-refractivity contribution in [2.75, 3.05) is 0 Å². The minimum absolute atomic E-state index is 0.329. The zero-order valence-corrected chi connectivity index (χ0v) is 7.10. The van der Waals surface area contributed by atoms with Gasteiger partial charge in [-0.05, 0) is 12.0 Å². The Bertz CT molecular complexity index is 297. The molecule has 1 atom stereocenters. The monoisotopic (exact) mass is 175 g/mol. The maximum absolute atomic E-state index is 10.4. The maximum atomic E-state index is 10.4. The molecule has 0 aliphatic heterocycles. The molecule has 2 radical (unpaired) electrons. The van der Waals surface area contributed by atoms with Crippen LogP contribution in [-0.4, -0.2) is 25.0 Å². The fraction of sp³-hybridized carbons (Fsp3) is 0.222. The lowest BCUT2D eigenvalue weighted by atomic mass is 9.94. The van der Waals surface area contributed by atoms with Gasteiger partial charge >= 0.3 is 5.97 Å². The van der Waals surface area contributed by atoms with E-state index in [9.17, 15) is 4.79 Å². The number of benzene rings is 1. The minimum atomic E-state index is -0.989. The van der Waals surface area contributed by atoms with Crippen molar-refractivity contribution in [2.45, 2.75) is 12.5 Å². The van der Waals surface area contributed by atoms with E-state index >= 15 is 0 Å². The molecule has 0 amide bonds. The molecule has 0 fully saturated rings. The Morgan fingerprint density at radius 3 is 2.46 bits per heavy atom. The fourth-order valence-corrected chi connectivity index (χ4v) is 0.995. The van der Waals surface area contributed by atoms with Gasteiger partial charge in [0.15, 0.2) is 0 Å². The van der Waals surface area contributed by atoms with Crippen LogP contribution in [0.1, 0.15) is 5.56 Å². The van der Waals surface area contributed by atoms with Crippen molar-refractivity contribution in [2.24, 2.45) is 5.73 Å². The van der Waals surface area contributed by atoms with Crippen molar-refractivity contribution >= 4 is 19.3 Å². The lowest BCUT2D eigenvalue weighted by Gasteiger charge is -2.06. The van der Waals surface area contributed by atoms with E-state index in [1.807, 2.05) is 0 Å². The summed E-state index contributed by atoms with van der Waals surface area (Å²) in [4.78, 5) is 10.4. The third kappa shape index (κ3) is 2.91. The van der Waals surface area contributed by atoms with Crippen LogP contribution in [0.5, 0.6) is 0 Å². The van der Waals surface area contributed by atoms with Gasteiger partial charge in [-0.15, -0.1) is 0 Å². The van der Waals surface area contributed by atoms with Crippen LogP contribution in [0.3, 0.4) is 0 Å². The van der Waals surface area contributed by atoms with Gasteiger partial charge < -0.3 is 10.8 Å². The third-order valence-electron chi connectivity index (χ3n) is 1.75. The van der Waals surface area contributed by atoms with Crippen LogP contribution < -0.4 is 11.2 Å². The summed E-state index contributed by atoms with van der Waals surface area (Å²) in [6.07, 6.45) is 0.329. The third-order valence-corrected chi connectivity index (χ3v) is 1.75. The average molecular weight is 175 g/mol. The smallest absolute Gasteiger partial charge is 0.320 e. The van der Waals surface area contributed by atoms with Gasteiger partial charge in [0, 0.05) is 0 Å². The molecule has 0 heterocycles. The average Bonchev–Trinajstić information content (AvgIpc) is 2.08. The molecule has 0 saturated heterocycles. The fourth-order valence-electron chi connectivity index (χ4n) is 0.995. The number of hydrogen-bond acceptors (Lipinski definition) is 2. The van der Waals surface area contributed by atoms with E-state index in [0.29, 0.717) is 11.9 Å². The van der Waals surface area contributed by atoms with Gasteiger partial charge in [-0.2, -0.15) is 0 Å². The lowest BCUT2D eigenvalue weighted by Crippen LogP contribution is -2.32. The summed E-state index contributed by atoms with van der Waals surface area (Å²) in [6, 6.07) is 6.16. The number of nitrogens with two attached hydrogens (primary N) is 1. The first-order valence-electron chi connectivity index (χ1n) is 3.92. The van der Waals surface area contributed by atoms with Crippen molar-refractivity contribution < 1.29 is 9.90 Å². The standard InChI is InChI=1S/C9H10BNO2/c10-7-3-1-6(2-4-7)5-8(11)9(12)13/h1-4,8H,5,11H2,(H,12,13)/t8-/m1/s1. The van der Waals surface area contributed by atoms with Crippen LogP contribution in [0, 0.1) is 0 Å². The molecule has 0 aromatic heterocycles. The zero-order valence-electron chi connectivity index (χ0n) is 7.10. The highest BCUT2D eigenvalue weighted by Gasteiger charge is 2.11. The highest BCUT2D eigenvalue weighted by Crippen LogP contribution is 2.00. The first-order valence-corrected chi connectivity index (χ1v) is 3.92. The van der Waals surface area contributed by atoms with Gasteiger partial charge in [0.05, 0.1) is 0 Å². The molecule has 1 aromatic rings. The van der Waals surface area contributed by atoms with E-state index in [1.165, 1.54) is 0 Å². The highest BCUT2D eigenvalue weighted by atomic mass is 16.4. The van der Waals surface area contributed by atoms with Gasteiger partial charge in [0.2, 0.25) is 0 Å². The van der Waals surface area contributed by atoms with Gasteiger partial charge in [0.25, 0.3) is 0 Å². The molecule has 1 aromatic carbocycles. The van der Waals surface area contributed by atoms with Crippen LogP contribution in [0.2, 0.25) is 0 Å². The van der Waals surface area contributed by atoms with Gasteiger partial charge in [-0.1, -0.05) is 29.7 Å². The summed E-state index contributed by atoms with van der Waals surface area (Å²) in [7, 11) is 5.47. The second kappa shape index (κ2) is 4.09. The minimum Gasteiger partial charge on any atom is -0.480 e. The molecule has 0 aliphatic rings. The van der Waals surface area contributed by atoms with Crippen molar-refractivity contribution in [3.8, 4) is 0 Å². The Labute approximate surface area is 78.0 Å². The molecule has 3 nitrogen and oxygen atoms in total. The lowest BCUT2D eigenvalue weighted by molar-refractivity contribution is -0.138. The van der Waals surface area contributed by atoms with E-state index in [0.717, 1.165) is 5.56 Å². The van der Waals surface area contributed by atoms with Gasteiger partial charge in [0.1, 0.15) is 13.9 Å². The molecule has 0 saturated carbocycles. The number of aliphatic carboxylic acids is 1. The molecule has 0 unspecified atom stereocenters. The number of carboxylic acids is 1. The largest absolute Gasteiger partial charge is 0.480 e. The quantitative estimate of drug-likeness (QED) is 0.605. The molecule has 3 N–H and O–H groups in total. The zero-order chi connectivity index (χ0) is 9.84. The Balaban J connectivity index is 2.64. The van der Waals surface area contributed by atoms with E-state index in [2.05, 4.69) is 0 Å². The van der Waals surface area contributed by atoms with E-state index in [-0.39, 0.29) is 0 Å². The Morgan fingerprint density at radius 1 is 1.46 bits per heavy atom.